The predicted molar refractivity (Wildman–Crippen MR) is 154 cm³/mol. The van der Waals surface area contributed by atoms with E-state index in [0.29, 0.717) is 18.0 Å². The van der Waals surface area contributed by atoms with E-state index in [0.717, 1.165) is 66.1 Å². The zero-order valence-electron chi connectivity index (χ0n) is 21.6. The smallest absolute Gasteiger partial charge is 0.336 e. The second-order valence-corrected chi connectivity index (χ2v) is 12.1. The Hall–Kier alpha value is -1.90. The molecule has 0 saturated carbocycles. The van der Waals surface area contributed by atoms with Gasteiger partial charge in [-0.3, -0.25) is 4.90 Å². The summed E-state index contributed by atoms with van der Waals surface area (Å²) in [7, 11) is 0. The van der Waals surface area contributed by atoms with Crippen LogP contribution in [0.4, 0.5) is 5.69 Å². The molecule has 1 N–H and O–H groups in total. The van der Waals surface area contributed by atoms with Gasteiger partial charge in [-0.15, -0.1) is 0 Å². The second-order valence-electron chi connectivity index (χ2n) is 10.8. The van der Waals surface area contributed by atoms with Crippen molar-refractivity contribution in [3.8, 4) is 0 Å². The summed E-state index contributed by atoms with van der Waals surface area (Å²) in [5.74, 6) is -0.825. The molecule has 0 aromatic heterocycles. The number of benzene rings is 2. The van der Waals surface area contributed by atoms with Gasteiger partial charge >= 0.3 is 5.97 Å². The lowest BCUT2D eigenvalue weighted by Crippen LogP contribution is -2.49. The second kappa shape index (κ2) is 10.5. The summed E-state index contributed by atoms with van der Waals surface area (Å²) in [5.41, 5.74) is 7.00. The maximum Gasteiger partial charge on any atom is 0.336 e. The quantitative estimate of drug-likeness (QED) is 0.443. The minimum atomic E-state index is -0.825. The largest absolute Gasteiger partial charge is 0.478 e. The molecule has 36 heavy (non-hydrogen) atoms. The molecule has 192 valence electrons. The van der Waals surface area contributed by atoms with Crippen molar-refractivity contribution in [3.05, 3.63) is 67.8 Å². The standard InChI is InChI=1S/C30H37IN2O3/c1-4-20-5-6-22(19-27(20)33-11-9-24(10-12-33)32-13-15-36-16-14-32)30(2,3)26-18-21-17-23(31)7-8-25(21)28(26)29(34)35/h5-8,17,19,24H,4,9-16,18H2,1-3H3,(H,34,35). The molecule has 0 unspecified atom stereocenters. The first-order chi connectivity index (χ1) is 17.3. The molecule has 2 fully saturated rings. The number of ether oxygens (including phenoxy) is 1. The van der Waals surface area contributed by atoms with Crippen molar-refractivity contribution >= 4 is 39.8 Å². The van der Waals surface area contributed by atoms with E-state index >= 15 is 0 Å². The molecule has 0 radical (unpaired) electrons. The van der Waals surface area contributed by atoms with E-state index in [1.165, 1.54) is 29.7 Å². The van der Waals surface area contributed by atoms with Crippen LogP contribution in [0, 0.1) is 3.57 Å². The van der Waals surface area contributed by atoms with Crippen molar-refractivity contribution in [2.75, 3.05) is 44.3 Å². The molecule has 2 heterocycles. The van der Waals surface area contributed by atoms with Crippen molar-refractivity contribution < 1.29 is 14.6 Å². The van der Waals surface area contributed by atoms with Crippen molar-refractivity contribution in [2.24, 2.45) is 0 Å². The Morgan fingerprint density at radius 2 is 1.81 bits per heavy atom. The lowest BCUT2D eigenvalue weighted by molar-refractivity contribution is -0.130. The monoisotopic (exact) mass is 600 g/mol. The fourth-order valence-electron chi connectivity index (χ4n) is 6.31. The summed E-state index contributed by atoms with van der Waals surface area (Å²) in [6, 6.07) is 13.6. The zero-order valence-corrected chi connectivity index (χ0v) is 23.8. The summed E-state index contributed by atoms with van der Waals surface area (Å²) in [6.07, 6.45) is 4.04. The first kappa shape index (κ1) is 25.7. The number of fused-ring (bicyclic) bond motifs is 1. The summed E-state index contributed by atoms with van der Waals surface area (Å²) in [5, 5.41) is 10.2. The Morgan fingerprint density at radius 1 is 1.08 bits per heavy atom. The van der Waals surface area contributed by atoms with Crippen LogP contribution in [-0.2, 0) is 27.8 Å². The molecule has 3 aliphatic rings. The molecule has 6 heteroatoms. The van der Waals surface area contributed by atoms with Gasteiger partial charge in [0.2, 0.25) is 0 Å². The number of hydrogen-bond acceptors (Lipinski definition) is 4. The lowest BCUT2D eigenvalue weighted by atomic mass is 9.75. The highest BCUT2D eigenvalue weighted by Crippen LogP contribution is 2.45. The third kappa shape index (κ3) is 4.84. The number of halogens is 1. The van der Waals surface area contributed by atoms with E-state index in [2.05, 4.69) is 77.4 Å². The maximum absolute atomic E-state index is 12.4. The van der Waals surface area contributed by atoms with E-state index in [4.69, 9.17) is 4.74 Å². The number of hydrogen-bond donors (Lipinski definition) is 1. The van der Waals surface area contributed by atoms with Crippen LogP contribution >= 0.6 is 22.6 Å². The minimum Gasteiger partial charge on any atom is -0.478 e. The van der Waals surface area contributed by atoms with Crippen LogP contribution < -0.4 is 4.90 Å². The van der Waals surface area contributed by atoms with Crippen LogP contribution in [0.5, 0.6) is 0 Å². The fraction of sp³-hybridized carbons (Fsp3) is 0.500. The molecule has 2 aromatic carbocycles. The number of carboxylic acid groups (broad SMARTS) is 1. The number of nitrogens with zero attached hydrogens (tertiary/aromatic N) is 2. The molecular weight excluding hydrogens is 563 g/mol. The first-order valence-corrected chi connectivity index (χ1v) is 14.3. The highest BCUT2D eigenvalue weighted by Gasteiger charge is 2.37. The predicted octanol–water partition coefficient (Wildman–Crippen LogP) is 5.53. The number of aryl methyl sites for hydroxylation is 1. The van der Waals surface area contributed by atoms with E-state index in [1.807, 2.05) is 12.1 Å². The van der Waals surface area contributed by atoms with Gasteiger partial charge < -0.3 is 14.7 Å². The molecule has 0 atom stereocenters. The van der Waals surface area contributed by atoms with Gasteiger partial charge in [0.15, 0.2) is 0 Å². The molecule has 5 nitrogen and oxygen atoms in total. The molecule has 0 amide bonds. The average Bonchev–Trinajstić information content (AvgIpc) is 3.29. The Labute approximate surface area is 228 Å². The number of allylic oxidation sites excluding steroid dienone is 1. The molecule has 2 aliphatic heterocycles. The highest BCUT2D eigenvalue weighted by atomic mass is 127. The van der Waals surface area contributed by atoms with Crippen molar-refractivity contribution in [3.63, 3.8) is 0 Å². The third-order valence-corrected chi connectivity index (χ3v) is 9.20. The Kier molecular flexibility index (Phi) is 7.48. The van der Waals surface area contributed by atoms with Gasteiger partial charge in [-0.1, -0.05) is 39.0 Å². The van der Waals surface area contributed by atoms with Crippen LogP contribution in [0.25, 0.3) is 5.57 Å². The molecule has 0 bridgehead atoms. The molecule has 2 saturated heterocycles. The first-order valence-electron chi connectivity index (χ1n) is 13.3. The van der Waals surface area contributed by atoms with Gasteiger partial charge in [-0.05, 0) is 94.3 Å². The van der Waals surface area contributed by atoms with E-state index < -0.39 is 5.97 Å². The van der Waals surface area contributed by atoms with Crippen LogP contribution in [0.3, 0.4) is 0 Å². The number of piperidine rings is 1. The van der Waals surface area contributed by atoms with Gasteiger partial charge in [-0.2, -0.15) is 0 Å². The van der Waals surface area contributed by atoms with Gasteiger partial charge in [0.25, 0.3) is 0 Å². The van der Waals surface area contributed by atoms with Gasteiger partial charge in [0.1, 0.15) is 0 Å². The fourth-order valence-corrected chi connectivity index (χ4v) is 6.86. The summed E-state index contributed by atoms with van der Waals surface area (Å²) in [6.45, 7) is 12.5. The summed E-state index contributed by atoms with van der Waals surface area (Å²) in [4.78, 5) is 17.6. The van der Waals surface area contributed by atoms with Crippen molar-refractivity contribution in [2.45, 2.75) is 57.9 Å². The van der Waals surface area contributed by atoms with Gasteiger partial charge in [0, 0.05) is 46.9 Å². The molecule has 0 spiro atoms. The van der Waals surface area contributed by atoms with E-state index in [9.17, 15) is 9.90 Å². The highest BCUT2D eigenvalue weighted by molar-refractivity contribution is 14.1. The Morgan fingerprint density at radius 3 is 2.47 bits per heavy atom. The molecule has 1 aliphatic carbocycles. The van der Waals surface area contributed by atoms with Crippen LogP contribution in [0.15, 0.2) is 42.0 Å². The minimum absolute atomic E-state index is 0.384. The molecule has 2 aromatic rings. The Bertz CT molecular complexity index is 1170. The maximum atomic E-state index is 12.4. The Balaban J connectivity index is 1.43. The lowest BCUT2D eigenvalue weighted by Gasteiger charge is -2.41. The molecular formula is C30H37IN2O3. The van der Waals surface area contributed by atoms with Crippen LogP contribution in [0.2, 0.25) is 0 Å². The van der Waals surface area contributed by atoms with Crippen molar-refractivity contribution in [1.29, 1.82) is 0 Å². The SMILES string of the molecule is CCc1ccc(C(C)(C)C2=C(C(=O)O)c3ccc(I)cc3C2)cc1N1CCC(N2CCOCC2)CC1. The van der Waals surface area contributed by atoms with Gasteiger partial charge in [-0.25, -0.2) is 4.79 Å². The van der Waals surface area contributed by atoms with E-state index in [-0.39, 0.29) is 5.41 Å². The number of carboxylic acids is 1. The van der Waals surface area contributed by atoms with Crippen LogP contribution in [0.1, 0.15) is 55.9 Å². The summed E-state index contributed by atoms with van der Waals surface area (Å²) < 4.78 is 6.70. The summed E-state index contributed by atoms with van der Waals surface area (Å²) >= 11 is 2.31. The third-order valence-electron chi connectivity index (χ3n) is 8.53. The average molecular weight is 601 g/mol. The normalized spacial score (nSPS) is 19.6. The number of aliphatic carboxylic acids is 1. The topological polar surface area (TPSA) is 53.0 Å². The van der Waals surface area contributed by atoms with Crippen LogP contribution in [-0.4, -0.2) is 61.4 Å². The van der Waals surface area contributed by atoms with E-state index in [1.54, 1.807) is 0 Å². The zero-order chi connectivity index (χ0) is 25.4. The number of carbonyl (C=O) groups is 1. The molecule has 5 rings (SSSR count). The number of rotatable bonds is 6. The van der Waals surface area contributed by atoms with Crippen molar-refractivity contribution in [1.82, 2.24) is 4.90 Å². The number of anilines is 1. The number of morpholine rings is 1. The van der Waals surface area contributed by atoms with Gasteiger partial charge in [0.05, 0.1) is 18.8 Å².